The van der Waals surface area contributed by atoms with Crippen molar-refractivity contribution < 1.29 is 29.9 Å². The molecule has 0 saturated carbocycles. The van der Waals surface area contributed by atoms with Gasteiger partial charge in [0.1, 0.15) is 24.4 Å². The van der Waals surface area contributed by atoms with E-state index in [2.05, 4.69) is 12.0 Å². The second-order valence-electron chi connectivity index (χ2n) is 3.16. The van der Waals surface area contributed by atoms with Gasteiger partial charge < -0.3 is 29.9 Å². The predicted octanol–water partition coefficient (Wildman–Crippen LogP) is -2.22. The molecular weight excluding hydrogens is 204 g/mol. The Morgan fingerprint density at radius 3 is 2.47 bits per heavy atom. The van der Waals surface area contributed by atoms with E-state index < -0.39 is 37.3 Å². The fourth-order valence-electron chi connectivity index (χ4n) is 1.33. The van der Waals surface area contributed by atoms with E-state index in [-0.39, 0.29) is 0 Å². The molecule has 1 saturated heterocycles. The van der Waals surface area contributed by atoms with Gasteiger partial charge in [-0.3, -0.25) is 0 Å². The summed E-state index contributed by atoms with van der Waals surface area (Å²) in [6.45, 7) is 1.02. The molecule has 5 atom stereocenters. The molecule has 6 nitrogen and oxygen atoms in total. The topological polar surface area (TPSA) is 99.4 Å². The Morgan fingerprint density at radius 2 is 1.93 bits per heavy atom. The van der Waals surface area contributed by atoms with Gasteiger partial charge in [0.2, 0.25) is 0 Å². The molecule has 0 aromatic carbocycles. The molecule has 1 fully saturated rings. The average Bonchev–Trinajstić information content (AvgIpc) is 2.23. The summed E-state index contributed by atoms with van der Waals surface area (Å²) in [7, 11) is 0. The number of rotatable bonds is 2. The van der Waals surface area contributed by atoms with Gasteiger partial charge in [0.05, 0.1) is 6.61 Å². The molecule has 0 amide bonds. The van der Waals surface area contributed by atoms with Crippen LogP contribution in [0.1, 0.15) is 6.92 Å². The number of hydrogen-bond donors (Lipinski definition) is 4. The molecule has 1 rings (SSSR count). The Labute approximate surface area is 87.1 Å². The highest BCUT2D eigenvalue weighted by atomic mass is 16.7. The molecule has 86 valence electrons. The first-order valence-corrected chi connectivity index (χ1v) is 4.49. The van der Waals surface area contributed by atoms with Gasteiger partial charge in [-0.05, 0) is 0 Å². The minimum absolute atomic E-state index is 0.499. The van der Waals surface area contributed by atoms with Crippen LogP contribution in [0.2, 0.25) is 0 Å². The van der Waals surface area contributed by atoms with E-state index in [0.717, 1.165) is 0 Å². The van der Waals surface area contributed by atoms with E-state index >= 15 is 0 Å². The van der Waals surface area contributed by atoms with Crippen LogP contribution in [-0.4, -0.2) is 57.7 Å². The fourth-order valence-corrected chi connectivity index (χ4v) is 1.33. The zero-order valence-corrected chi connectivity index (χ0v) is 8.20. The maximum Gasteiger partial charge on any atom is 0.196 e. The van der Waals surface area contributed by atoms with Crippen LogP contribution in [0.15, 0.2) is 0 Å². The highest BCUT2D eigenvalue weighted by Crippen LogP contribution is 2.21. The first kappa shape index (κ1) is 12.2. The standard InChI is InChI=1S/C9H14O6/c1-2-3-14-8-7(12)6(11)5(4-10)15-9(8)13/h5-13H,4H2,1H3/t5-,6-,7+,8+,9+/m1/s1. The van der Waals surface area contributed by atoms with Crippen molar-refractivity contribution in [3.05, 3.63) is 0 Å². The van der Waals surface area contributed by atoms with Gasteiger partial charge in [0.15, 0.2) is 12.4 Å². The lowest BCUT2D eigenvalue weighted by atomic mass is 9.99. The molecule has 6 heteroatoms. The van der Waals surface area contributed by atoms with Crippen LogP contribution >= 0.6 is 0 Å². The van der Waals surface area contributed by atoms with E-state index in [1.165, 1.54) is 6.92 Å². The smallest absolute Gasteiger partial charge is 0.196 e. The van der Waals surface area contributed by atoms with Crippen molar-refractivity contribution in [2.24, 2.45) is 0 Å². The van der Waals surface area contributed by atoms with Gasteiger partial charge in [0.25, 0.3) is 0 Å². The Hall–Kier alpha value is -0.840. The lowest BCUT2D eigenvalue weighted by Gasteiger charge is -2.38. The molecule has 0 spiro atoms. The summed E-state index contributed by atoms with van der Waals surface area (Å²) in [5, 5.41) is 37.2. The molecule has 1 aliphatic heterocycles. The summed E-state index contributed by atoms with van der Waals surface area (Å²) in [5.41, 5.74) is 0. The van der Waals surface area contributed by atoms with Gasteiger partial charge in [-0.1, -0.05) is 5.92 Å². The molecule has 0 aromatic rings. The number of ether oxygens (including phenoxy) is 2. The van der Waals surface area contributed by atoms with Crippen molar-refractivity contribution in [1.29, 1.82) is 0 Å². The Bertz CT molecular complexity index is 257. The SMILES string of the molecule is CC#CO[C@H]1[C@@H](O)[C@H](O)[C@@H](CO)O[C@@H]1O. The van der Waals surface area contributed by atoms with E-state index in [1.807, 2.05) is 0 Å². The van der Waals surface area contributed by atoms with Crippen molar-refractivity contribution >= 4 is 0 Å². The van der Waals surface area contributed by atoms with Crippen LogP contribution in [0, 0.1) is 12.0 Å². The largest absolute Gasteiger partial charge is 0.435 e. The summed E-state index contributed by atoms with van der Waals surface area (Å²) in [4.78, 5) is 0. The van der Waals surface area contributed by atoms with E-state index in [0.29, 0.717) is 0 Å². The molecule has 0 aliphatic carbocycles. The van der Waals surface area contributed by atoms with E-state index in [1.54, 1.807) is 0 Å². The average molecular weight is 218 g/mol. The molecule has 0 unspecified atom stereocenters. The van der Waals surface area contributed by atoms with Crippen molar-refractivity contribution in [3.63, 3.8) is 0 Å². The fraction of sp³-hybridized carbons (Fsp3) is 0.778. The monoisotopic (exact) mass is 218 g/mol. The van der Waals surface area contributed by atoms with Crippen molar-refractivity contribution in [1.82, 2.24) is 0 Å². The zero-order valence-electron chi connectivity index (χ0n) is 8.20. The third-order valence-electron chi connectivity index (χ3n) is 2.14. The first-order chi connectivity index (χ1) is 7.11. The van der Waals surface area contributed by atoms with Crippen molar-refractivity contribution in [2.45, 2.75) is 37.6 Å². The highest BCUT2D eigenvalue weighted by Gasteiger charge is 2.45. The van der Waals surface area contributed by atoms with Gasteiger partial charge in [-0.15, -0.1) is 0 Å². The maximum absolute atomic E-state index is 9.54. The summed E-state index contributed by atoms with van der Waals surface area (Å²) in [5.74, 6) is 2.42. The van der Waals surface area contributed by atoms with Crippen LogP contribution in [0.5, 0.6) is 0 Å². The molecular formula is C9H14O6. The minimum Gasteiger partial charge on any atom is -0.435 e. The summed E-state index contributed by atoms with van der Waals surface area (Å²) in [6, 6.07) is 0. The second kappa shape index (κ2) is 5.30. The molecule has 4 N–H and O–H groups in total. The van der Waals surface area contributed by atoms with Crippen LogP contribution in [0.4, 0.5) is 0 Å². The third kappa shape index (κ3) is 2.59. The number of hydrogen-bond acceptors (Lipinski definition) is 6. The van der Waals surface area contributed by atoms with Crippen molar-refractivity contribution in [3.8, 4) is 12.0 Å². The lowest BCUT2D eigenvalue weighted by Crippen LogP contribution is -2.59. The molecule has 0 radical (unpaired) electrons. The molecule has 1 heterocycles. The van der Waals surface area contributed by atoms with E-state index in [4.69, 9.17) is 14.6 Å². The van der Waals surface area contributed by atoms with Gasteiger partial charge in [-0.2, -0.15) is 0 Å². The Balaban J connectivity index is 2.68. The van der Waals surface area contributed by atoms with Crippen LogP contribution in [0.3, 0.4) is 0 Å². The normalized spacial score (nSPS) is 40.5. The molecule has 15 heavy (non-hydrogen) atoms. The van der Waals surface area contributed by atoms with Crippen LogP contribution in [-0.2, 0) is 9.47 Å². The number of aliphatic hydroxyl groups is 4. The third-order valence-corrected chi connectivity index (χ3v) is 2.14. The van der Waals surface area contributed by atoms with Crippen molar-refractivity contribution in [2.75, 3.05) is 6.61 Å². The van der Waals surface area contributed by atoms with Gasteiger partial charge >= 0.3 is 0 Å². The zero-order chi connectivity index (χ0) is 11.4. The quantitative estimate of drug-likeness (QED) is 0.392. The molecule has 1 aliphatic rings. The summed E-state index contributed by atoms with van der Waals surface area (Å²) < 4.78 is 9.62. The Kier molecular flexibility index (Phi) is 4.32. The molecule has 0 aromatic heterocycles. The predicted molar refractivity (Wildman–Crippen MR) is 48.3 cm³/mol. The summed E-state index contributed by atoms with van der Waals surface area (Å²) >= 11 is 0. The highest BCUT2D eigenvalue weighted by molar-refractivity contribution is 4.94. The maximum atomic E-state index is 9.54. The minimum atomic E-state index is -1.43. The van der Waals surface area contributed by atoms with Gasteiger partial charge in [0, 0.05) is 6.92 Å². The van der Waals surface area contributed by atoms with E-state index in [9.17, 15) is 15.3 Å². The Morgan fingerprint density at radius 1 is 1.27 bits per heavy atom. The lowest BCUT2D eigenvalue weighted by molar-refractivity contribution is -0.285. The van der Waals surface area contributed by atoms with Gasteiger partial charge in [-0.25, -0.2) is 0 Å². The number of aliphatic hydroxyl groups excluding tert-OH is 4. The van der Waals surface area contributed by atoms with Crippen LogP contribution in [0.25, 0.3) is 0 Å². The summed E-state index contributed by atoms with van der Waals surface area (Å²) in [6.07, 6.45) is -4.06. The first-order valence-electron chi connectivity index (χ1n) is 4.49. The van der Waals surface area contributed by atoms with Crippen LogP contribution < -0.4 is 0 Å². The second-order valence-corrected chi connectivity index (χ2v) is 3.16. The molecule has 0 bridgehead atoms.